The summed E-state index contributed by atoms with van der Waals surface area (Å²) < 4.78 is 25.6. The highest BCUT2D eigenvalue weighted by Gasteiger charge is 2.27. The van der Waals surface area contributed by atoms with Gasteiger partial charge in [-0.2, -0.15) is 0 Å². The quantitative estimate of drug-likeness (QED) is 0.670. The molecule has 1 fully saturated rings. The van der Waals surface area contributed by atoms with Crippen LogP contribution in [0.25, 0.3) is 0 Å². The SMILES string of the molecule is COc1c(NC2=NS(=O)N=C2Nc2ccccc2)cccc1C(=O)N1CCCC(O)C1. The molecule has 31 heavy (non-hydrogen) atoms. The molecule has 0 aromatic heterocycles. The number of anilines is 2. The van der Waals surface area contributed by atoms with Crippen LogP contribution in [-0.2, 0) is 11.2 Å². The highest BCUT2D eigenvalue weighted by Crippen LogP contribution is 2.31. The topological polar surface area (TPSA) is 116 Å². The number of ether oxygens (including phenoxy) is 1. The Bertz CT molecular complexity index is 1060. The molecule has 162 valence electrons. The maximum Gasteiger partial charge on any atom is 0.269 e. The highest BCUT2D eigenvalue weighted by atomic mass is 32.2. The number of piperidine rings is 1. The fraction of sp³-hybridized carbons (Fsp3) is 0.286. The first kappa shape index (κ1) is 21.0. The Hall–Kier alpha value is -3.24. The van der Waals surface area contributed by atoms with Crippen molar-refractivity contribution in [3.8, 4) is 5.75 Å². The van der Waals surface area contributed by atoms with Gasteiger partial charge in [-0.3, -0.25) is 4.79 Å². The minimum absolute atomic E-state index is 0.215. The molecular formula is C21H23N5O4S. The van der Waals surface area contributed by atoms with E-state index in [1.165, 1.54) is 7.11 Å². The number of carbonyl (C=O) groups excluding carboxylic acids is 1. The van der Waals surface area contributed by atoms with Gasteiger partial charge < -0.3 is 25.4 Å². The van der Waals surface area contributed by atoms with Crippen LogP contribution in [0.4, 0.5) is 11.4 Å². The van der Waals surface area contributed by atoms with E-state index < -0.39 is 17.3 Å². The van der Waals surface area contributed by atoms with Gasteiger partial charge in [-0.25, -0.2) is 4.21 Å². The molecule has 10 heteroatoms. The number of amides is 1. The molecule has 1 saturated heterocycles. The second-order valence-electron chi connectivity index (χ2n) is 7.16. The normalized spacial score (nSPS) is 20.6. The van der Waals surface area contributed by atoms with E-state index in [1.807, 2.05) is 30.3 Å². The maximum absolute atomic E-state index is 13.1. The minimum atomic E-state index is -1.75. The number of methoxy groups -OCH3 is 1. The summed E-state index contributed by atoms with van der Waals surface area (Å²) in [6.07, 6.45) is 0.923. The van der Waals surface area contributed by atoms with Gasteiger partial charge in [0, 0.05) is 18.8 Å². The van der Waals surface area contributed by atoms with E-state index in [-0.39, 0.29) is 11.7 Å². The number of hydrogen-bond donors (Lipinski definition) is 3. The Morgan fingerprint density at radius 2 is 1.87 bits per heavy atom. The number of hydrogen-bond acceptors (Lipinski definition) is 6. The van der Waals surface area contributed by atoms with E-state index >= 15 is 0 Å². The molecule has 2 aliphatic rings. The van der Waals surface area contributed by atoms with E-state index in [0.29, 0.717) is 42.3 Å². The summed E-state index contributed by atoms with van der Waals surface area (Å²) in [6.45, 7) is 0.878. The lowest BCUT2D eigenvalue weighted by Gasteiger charge is -2.30. The molecule has 2 unspecified atom stereocenters. The van der Waals surface area contributed by atoms with Crippen LogP contribution < -0.4 is 15.4 Å². The molecule has 0 aliphatic carbocycles. The Labute approximate surface area is 182 Å². The number of para-hydroxylation sites is 2. The zero-order chi connectivity index (χ0) is 21.8. The molecule has 2 aromatic carbocycles. The van der Waals surface area contributed by atoms with Crippen molar-refractivity contribution >= 4 is 40.1 Å². The Morgan fingerprint density at radius 3 is 2.58 bits per heavy atom. The van der Waals surface area contributed by atoms with E-state index in [2.05, 4.69) is 19.4 Å². The Balaban J connectivity index is 1.58. The summed E-state index contributed by atoms with van der Waals surface area (Å²) in [5, 5.41) is 16.1. The van der Waals surface area contributed by atoms with Crippen LogP contribution in [0.15, 0.2) is 57.3 Å². The van der Waals surface area contributed by atoms with Gasteiger partial charge in [-0.1, -0.05) is 24.3 Å². The third kappa shape index (κ3) is 4.75. The number of likely N-dealkylation sites (tertiary alicyclic amines) is 1. The smallest absolute Gasteiger partial charge is 0.269 e. The summed E-state index contributed by atoms with van der Waals surface area (Å²) in [6, 6.07) is 14.5. The van der Waals surface area contributed by atoms with Gasteiger partial charge in [0.1, 0.15) is 0 Å². The average molecular weight is 442 g/mol. The summed E-state index contributed by atoms with van der Waals surface area (Å²) in [7, 11) is 1.48. The molecule has 0 spiro atoms. The summed E-state index contributed by atoms with van der Waals surface area (Å²) in [5.74, 6) is 0.723. The van der Waals surface area contributed by atoms with Crippen molar-refractivity contribution in [2.45, 2.75) is 18.9 Å². The van der Waals surface area contributed by atoms with E-state index in [4.69, 9.17) is 4.74 Å². The van der Waals surface area contributed by atoms with Crippen molar-refractivity contribution in [3.63, 3.8) is 0 Å². The van der Waals surface area contributed by atoms with Crippen LogP contribution in [-0.4, -0.2) is 58.1 Å². The van der Waals surface area contributed by atoms with Crippen molar-refractivity contribution in [2.75, 3.05) is 30.8 Å². The van der Waals surface area contributed by atoms with Crippen molar-refractivity contribution in [3.05, 3.63) is 54.1 Å². The van der Waals surface area contributed by atoms with Crippen LogP contribution in [0.2, 0.25) is 0 Å². The number of nitrogens with one attached hydrogen (secondary N) is 2. The molecule has 0 bridgehead atoms. The van der Waals surface area contributed by atoms with Crippen molar-refractivity contribution in [1.82, 2.24) is 4.90 Å². The summed E-state index contributed by atoms with van der Waals surface area (Å²) in [5.41, 5.74) is 1.64. The zero-order valence-corrected chi connectivity index (χ0v) is 17.8. The molecule has 0 saturated carbocycles. The molecular weight excluding hydrogens is 418 g/mol. The van der Waals surface area contributed by atoms with Gasteiger partial charge in [0.2, 0.25) is 0 Å². The molecule has 9 nitrogen and oxygen atoms in total. The predicted molar refractivity (Wildman–Crippen MR) is 121 cm³/mol. The standard InChI is InChI=1S/C21H23N5O4S/c1-30-18-16(21(28)26-12-6-9-15(27)13-26)10-5-11-17(18)23-20-19(24-31(29)25-20)22-14-7-3-2-4-8-14/h2-5,7-8,10-11,15,27H,6,9,12-13H2,1H3,(H,22,24)(H,23,25). The lowest BCUT2D eigenvalue weighted by atomic mass is 10.1. The maximum atomic E-state index is 13.1. The minimum Gasteiger partial charge on any atom is -0.494 e. The van der Waals surface area contributed by atoms with Gasteiger partial charge in [0.15, 0.2) is 17.4 Å². The first-order chi connectivity index (χ1) is 15.0. The second kappa shape index (κ2) is 9.27. The van der Waals surface area contributed by atoms with Gasteiger partial charge in [0.25, 0.3) is 17.1 Å². The number of rotatable bonds is 4. The Morgan fingerprint density at radius 1 is 1.13 bits per heavy atom. The van der Waals surface area contributed by atoms with Crippen LogP contribution in [0.5, 0.6) is 5.75 Å². The second-order valence-corrected chi connectivity index (χ2v) is 7.99. The van der Waals surface area contributed by atoms with Crippen LogP contribution in [0, 0.1) is 0 Å². The highest BCUT2D eigenvalue weighted by molar-refractivity contribution is 7.83. The molecule has 0 radical (unpaired) electrons. The Kier molecular flexibility index (Phi) is 6.28. The zero-order valence-electron chi connectivity index (χ0n) is 16.9. The van der Waals surface area contributed by atoms with Crippen LogP contribution in [0.3, 0.4) is 0 Å². The van der Waals surface area contributed by atoms with Gasteiger partial charge in [-0.05, 0) is 37.1 Å². The largest absolute Gasteiger partial charge is 0.494 e. The summed E-state index contributed by atoms with van der Waals surface area (Å²) >= 11 is -1.75. The van der Waals surface area contributed by atoms with E-state index in [0.717, 1.165) is 12.1 Å². The number of carbonyl (C=O) groups is 1. The number of aliphatic hydroxyl groups excluding tert-OH is 1. The molecule has 2 atom stereocenters. The molecule has 2 aliphatic heterocycles. The molecule has 4 rings (SSSR count). The molecule has 2 aromatic rings. The van der Waals surface area contributed by atoms with Crippen molar-refractivity contribution in [1.29, 1.82) is 0 Å². The summed E-state index contributed by atoms with van der Waals surface area (Å²) in [4.78, 5) is 14.7. The lowest BCUT2D eigenvalue weighted by molar-refractivity contribution is 0.0471. The van der Waals surface area contributed by atoms with Crippen LogP contribution >= 0.6 is 0 Å². The van der Waals surface area contributed by atoms with Gasteiger partial charge in [-0.15, -0.1) is 8.80 Å². The first-order valence-corrected chi connectivity index (χ1v) is 10.9. The van der Waals surface area contributed by atoms with E-state index in [1.54, 1.807) is 23.1 Å². The van der Waals surface area contributed by atoms with Crippen LogP contribution in [0.1, 0.15) is 23.2 Å². The van der Waals surface area contributed by atoms with Crippen molar-refractivity contribution < 1.29 is 18.8 Å². The number of benzene rings is 2. The fourth-order valence-electron chi connectivity index (χ4n) is 3.55. The fourth-order valence-corrected chi connectivity index (χ4v) is 4.16. The number of β-amino-alcohol motifs (C(OH)–C–C–N with tert-alkyl or cyclic N) is 1. The average Bonchev–Trinajstić information content (AvgIpc) is 3.12. The van der Waals surface area contributed by atoms with Gasteiger partial charge in [0.05, 0.1) is 24.5 Å². The molecule has 3 N–H and O–H groups in total. The van der Waals surface area contributed by atoms with Crippen molar-refractivity contribution in [2.24, 2.45) is 8.80 Å². The monoisotopic (exact) mass is 441 g/mol. The third-order valence-electron chi connectivity index (χ3n) is 4.99. The molecule has 2 heterocycles. The first-order valence-electron chi connectivity index (χ1n) is 9.88. The number of amidine groups is 2. The predicted octanol–water partition coefficient (Wildman–Crippen LogP) is 2.21. The number of aliphatic hydroxyl groups is 1. The third-order valence-corrected chi connectivity index (χ3v) is 5.66. The lowest BCUT2D eigenvalue weighted by Crippen LogP contribution is -2.42. The molecule has 1 amide bonds. The number of nitrogens with zero attached hydrogens (tertiary/aromatic N) is 3. The van der Waals surface area contributed by atoms with E-state index in [9.17, 15) is 14.1 Å². The van der Waals surface area contributed by atoms with Gasteiger partial charge >= 0.3 is 0 Å².